The second-order valence-corrected chi connectivity index (χ2v) is 8.44. The van der Waals surface area contributed by atoms with Gasteiger partial charge in [-0.1, -0.05) is 44.9 Å². The third kappa shape index (κ3) is 4.83. The van der Waals surface area contributed by atoms with Crippen molar-refractivity contribution in [1.29, 1.82) is 0 Å². The summed E-state index contributed by atoms with van der Waals surface area (Å²) in [5.74, 6) is 2.09. The molecule has 0 N–H and O–H groups in total. The van der Waals surface area contributed by atoms with Crippen molar-refractivity contribution in [3.8, 4) is 0 Å². The molecule has 1 aliphatic heterocycles. The maximum absolute atomic E-state index is 12.6. The van der Waals surface area contributed by atoms with Gasteiger partial charge in [0, 0.05) is 31.8 Å². The lowest BCUT2D eigenvalue weighted by molar-refractivity contribution is -0.137. The molecular weight excluding hydrogens is 298 g/mol. The molecule has 3 heteroatoms. The highest BCUT2D eigenvalue weighted by Crippen LogP contribution is 2.35. The van der Waals surface area contributed by atoms with Crippen molar-refractivity contribution >= 4 is 11.7 Å². The van der Waals surface area contributed by atoms with Gasteiger partial charge in [-0.15, -0.1) is 0 Å². The Balaban J connectivity index is 1.37. The lowest BCUT2D eigenvalue weighted by Gasteiger charge is -2.44. The van der Waals surface area contributed by atoms with E-state index in [0.29, 0.717) is 36.5 Å². The van der Waals surface area contributed by atoms with Crippen LogP contribution in [0.5, 0.6) is 0 Å². The molecule has 0 spiro atoms. The molecule has 0 aromatic rings. The highest BCUT2D eigenvalue weighted by molar-refractivity contribution is 5.80. The smallest absolute Gasteiger partial charge is 0.222 e. The predicted molar refractivity (Wildman–Crippen MR) is 96.7 cm³/mol. The number of Topliss-reactive ketones (excluding diaryl/α,β-unsaturated/α-hetero) is 1. The third-order valence-electron chi connectivity index (χ3n) is 6.65. The molecule has 2 atom stereocenters. The van der Waals surface area contributed by atoms with Crippen LogP contribution >= 0.6 is 0 Å². The van der Waals surface area contributed by atoms with Gasteiger partial charge < -0.3 is 4.90 Å². The Labute approximate surface area is 147 Å². The first kappa shape index (κ1) is 17.9. The minimum Gasteiger partial charge on any atom is -0.339 e. The summed E-state index contributed by atoms with van der Waals surface area (Å²) in [6, 6.07) is 0.512. The van der Waals surface area contributed by atoms with Gasteiger partial charge in [-0.05, 0) is 43.9 Å². The molecule has 0 aromatic heterocycles. The standard InChI is InChI=1S/C21H35NO2/c23-19(16-17-8-2-1-3-9-17)12-6-14-21(24)22-15-7-11-18-10-4-5-13-20(18)22/h17-18,20H,1-16H2. The van der Waals surface area contributed by atoms with E-state index >= 15 is 0 Å². The molecule has 1 saturated heterocycles. The maximum atomic E-state index is 12.6. The number of rotatable bonds is 6. The molecule has 1 heterocycles. The Kier molecular flexibility index (Phi) is 6.74. The van der Waals surface area contributed by atoms with E-state index in [4.69, 9.17) is 0 Å². The van der Waals surface area contributed by atoms with Crippen molar-refractivity contribution in [3.05, 3.63) is 0 Å². The van der Waals surface area contributed by atoms with E-state index in [1.165, 1.54) is 70.6 Å². The summed E-state index contributed by atoms with van der Waals surface area (Å²) in [5, 5.41) is 0. The number of piperidine rings is 1. The quantitative estimate of drug-likeness (QED) is 0.695. The highest BCUT2D eigenvalue weighted by Gasteiger charge is 2.35. The molecule has 3 aliphatic rings. The molecule has 2 saturated carbocycles. The minimum atomic E-state index is 0.317. The van der Waals surface area contributed by atoms with Crippen LogP contribution in [0.15, 0.2) is 0 Å². The lowest BCUT2D eigenvalue weighted by atomic mass is 9.78. The van der Waals surface area contributed by atoms with E-state index in [9.17, 15) is 9.59 Å². The molecule has 1 amide bonds. The van der Waals surface area contributed by atoms with Gasteiger partial charge in [0.15, 0.2) is 0 Å². The molecule has 136 valence electrons. The summed E-state index contributed by atoms with van der Waals surface area (Å²) in [6.07, 6.45) is 16.8. The number of carbonyl (C=O) groups is 2. The first-order chi connectivity index (χ1) is 11.7. The fraction of sp³-hybridized carbons (Fsp3) is 0.905. The molecule has 2 aliphatic carbocycles. The van der Waals surface area contributed by atoms with Crippen LogP contribution in [0.2, 0.25) is 0 Å². The molecule has 0 bridgehead atoms. The number of fused-ring (bicyclic) bond motifs is 1. The van der Waals surface area contributed by atoms with Gasteiger partial charge in [0.05, 0.1) is 0 Å². The van der Waals surface area contributed by atoms with E-state index in [2.05, 4.69) is 4.90 Å². The Bertz CT molecular complexity index is 426. The average molecular weight is 334 g/mol. The normalized spacial score (nSPS) is 28.4. The summed E-state index contributed by atoms with van der Waals surface area (Å²) in [4.78, 5) is 27.0. The molecule has 0 radical (unpaired) electrons. The summed E-state index contributed by atoms with van der Waals surface area (Å²) < 4.78 is 0. The molecular formula is C21H35NO2. The number of likely N-dealkylation sites (tertiary alicyclic amines) is 1. The van der Waals surface area contributed by atoms with E-state index in [1.54, 1.807) is 0 Å². The topological polar surface area (TPSA) is 37.4 Å². The van der Waals surface area contributed by atoms with Crippen LogP contribution in [0.25, 0.3) is 0 Å². The van der Waals surface area contributed by atoms with Crippen LogP contribution in [0.4, 0.5) is 0 Å². The molecule has 24 heavy (non-hydrogen) atoms. The minimum absolute atomic E-state index is 0.317. The van der Waals surface area contributed by atoms with Crippen molar-refractivity contribution in [1.82, 2.24) is 4.90 Å². The van der Waals surface area contributed by atoms with Crippen LogP contribution in [-0.2, 0) is 9.59 Å². The highest BCUT2D eigenvalue weighted by atomic mass is 16.2. The summed E-state index contributed by atoms with van der Waals surface area (Å²) in [6.45, 7) is 0.954. The van der Waals surface area contributed by atoms with Gasteiger partial charge in [-0.3, -0.25) is 9.59 Å². The lowest BCUT2D eigenvalue weighted by Crippen LogP contribution is -2.49. The van der Waals surface area contributed by atoms with Gasteiger partial charge in [-0.25, -0.2) is 0 Å². The summed E-state index contributed by atoms with van der Waals surface area (Å²) in [5.41, 5.74) is 0. The first-order valence-corrected chi connectivity index (χ1v) is 10.5. The van der Waals surface area contributed by atoms with Gasteiger partial charge in [0.1, 0.15) is 5.78 Å². The summed E-state index contributed by atoms with van der Waals surface area (Å²) >= 11 is 0. The summed E-state index contributed by atoms with van der Waals surface area (Å²) in [7, 11) is 0. The Hall–Kier alpha value is -0.860. The van der Waals surface area contributed by atoms with Crippen LogP contribution < -0.4 is 0 Å². The molecule has 3 fully saturated rings. The van der Waals surface area contributed by atoms with Crippen LogP contribution in [0, 0.1) is 11.8 Å². The second kappa shape index (κ2) is 9.01. The van der Waals surface area contributed by atoms with Gasteiger partial charge in [0.25, 0.3) is 0 Å². The number of hydrogen-bond acceptors (Lipinski definition) is 2. The van der Waals surface area contributed by atoms with E-state index in [1.807, 2.05) is 0 Å². The molecule has 3 nitrogen and oxygen atoms in total. The van der Waals surface area contributed by atoms with E-state index < -0.39 is 0 Å². The maximum Gasteiger partial charge on any atom is 0.222 e. The molecule has 3 rings (SSSR count). The third-order valence-corrected chi connectivity index (χ3v) is 6.65. The fourth-order valence-corrected chi connectivity index (χ4v) is 5.33. The van der Waals surface area contributed by atoms with Crippen molar-refractivity contribution in [2.75, 3.05) is 6.54 Å². The number of amides is 1. The monoisotopic (exact) mass is 333 g/mol. The van der Waals surface area contributed by atoms with Crippen molar-refractivity contribution in [2.24, 2.45) is 11.8 Å². The van der Waals surface area contributed by atoms with Crippen molar-refractivity contribution < 1.29 is 9.59 Å². The van der Waals surface area contributed by atoms with Gasteiger partial charge in [0.2, 0.25) is 5.91 Å². The average Bonchev–Trinajstić information content (AvgIpc) is 2.62. The van der Waals surface area contributed by atoms with E-state index in [-0.39, 0.29) is 0 Å². The molecule has 2 unspecified atom stereocenters. The fourth-order valence-electron chi connectivity index (χ4n) is 5.33. The number of hydrogen-bond donors (Lipinski definition) is 0. The molecule has 0 aromatic carbocycles. The zero-order chi connectivity index (χ0) is 16.8. The van der Waals surface area contributed by atoms with Crippen LogP contribution in [-0.4, -0.2) is 29.2 Å². The Morgan fingerprint density at radius 1 is 0.792 bits per heavy atom. The van der Waals surface area contributed by atoms with Crippen LogP contribution in [0.3, 0.4) is 0 Å². The Morgan fingerprint density at radius 2 is 1.50 bits per heavy atom. The van der Waals surface area contributed by atoms with Gasteiger partial charge >= 0.3 is 0 Å². The number of carbonyl (C=O) groups excluding carboxylic acids is 2. The van der Waals surface area contributed by atoms with E-state index in [0.717, 1.165) is 25.3 Å². The first-order valence-electron chi connectivity index (χ1n) is 10.5. The van der Waals surface area contributed by atoms with Crippen molar-refractivity contribution in [2.45, 2.75) is 102 Å². The predicted octanol–water partition coefficient (Wildman–Crippen LogP) is 4.88. The zero-order valence-electron chi connectivity index (χ0n) is 15.3. The Morgan fingerprint density at radius 3 is 2.33 bits per heavy atom. The number of ketones is 1. The van der Waals surface area contributed by atoms with Crippen molar-refractivity contribution in [3.63, 3.8) is 0 Å². The number of nitrogens with zero attached hydrogens (tertiary/aromatic N) is 1. The second-order valence-electron chi connectivity index (χ2n) is 8.44. The largest absolute Gasteiger partial charge is 0.339 e. The van der Waals surface area contributed by atoms with Gasteiger partial charge in [-0.2, -0.15) is 0 Å². The zero-order valence-corrected chi connectivity index (χ0v) is 15.3. The SMILES string of the molecule is O=C(CCCC(=O)N1CCCC2CCCCC21)CC1CCCCC1. The van der Waals surface area contributed by atoms with Crippen LogP contribution in [0.1, 0.15) is 96.3 Å².